The van der Waals surface area contributed by atoms with E-state index >= 15 is 0 Å². The van der Waals surface area contributed by atoms with Crippen LogP contribution in [0.3, 0.4) is 0 Å². The van der Waals surface area contributed by atoms with Gasteiger partial charge in [-0.2, -0.15) is 0 Å². The number of hydrogen-bond donors (Lipinski definition) is 0. The van der Waals surface area contributed by atoms with Gasteiger partial charge in [-0.3, -0.25) is 0 Å². The highest BCUT2D eigenvalue weighted by molar-refractivity contribution is 6.00. The standard InChI is InChI=1S/C19H20N2O3/c1-12-13(2)21(11-14-8-6-5-7-9-14)18-16(12)17(23-3)15(10-20-18)19(22)24-4/h5-10H,11H2,1-4H3. The van der Waals surface area contributed by atoms with Crippen molar-refractivity contribution in [3.63, 3.8) is 0 Å². The van der Waals surface area contributed by atoms with Gasteiger partial charge in [0.25, 0.3) is 0 Å². The summed E-state index contributed by atoms with van der Waals surface area (Å²) in [6, 6.07) is 10.2. The molecule has 0 amide bonds. The normalized spacial score (nSPS) is 10.8. The molecule has 1 aromatic carbocycles. The van der Waals surface area contributed by atoms with Gasteiger partial charge in [-0.15, -0.1) is 0 Å². The summed E-state index contributed by atoms with van der Waals surface area (Å²) < 4.78 is 12.5. The molecule has 3 aromatic rings. The summed E-state index contributed by atoms with van der Waals surface area (Å²) in [5, 5.41) is 0.855. The highest BCUT2D eigenvalue weighted by Crippen LogP contribution is 2.35. The predicted molar refractivity (Wildman–Crippen MR) is 92.6 cm³/mol. The van der Waals surface area contributed by atoms with Gasteiger partial charge in [0.2, 0.25) is 0 Å². The molecule has 3 rings (SSSR count). The molecule has 5 nitrogen and oxygen atoms in total. The van der Waals surface area contributed by atoms with E-state index in [1.165, 1.54) is 18.9 Å². The van der Waals surface area contributed by atoms with Crippen molar-refractivity contribution in [3.8, 4) is 5.75 Å². The third kappa shape index (κ3) is 2.52. The van der Waals surface area contributed by atoms with Crippen molar-refractivity contribution in [2.45, 2.75) is 20.4 Å². The van der Waals surface area contributed by atoms with Crippen molar-refractivity contribution in [2.24, 2.45) is 0 Å². The number of rotatable bonds is 4. The minimum Gasteiger partial charge on any atom is -0.495 e. The van der Waals surface area contributed by atoms with Gasteiger partial charge in [-0.05, 0) is 25.0 Å². The molecule has 0 aliphatic carbocycles. The third-order valence-corrected chi connectivity index (χ3v) is 4.38. The second-order valence-electron chi connectivity index (χ2n) is 5.68. The fourth-order valence-corrected chi connectivity index (χ4v) is 3.00. The number of ether oxygens (including phenoxy) is 2. The van der Waals surface area contributed by atoms with Crippen LogP contribution in [-0.2, 0) is 11.3 Å². The molecule has 0 bridgehead atoms. The summed E-state index contributed by atoms with van der Waals surface area (Å²) >= 11 is 0. The van der Waals surface area contributed by atoms with Crippen LogP contribution in [0.25, 0.3) is 11.0 Å². The van der Waals surface area contributed by atoms with E-state index in [-0.39, 0.29) is 0 Å². The molecule has 0 N–H and O–H groups in total. The second kappa shape index (κ2) is 6.35. The molecule has 24 heavy (non-hydrogen) atoms. The van der Waals surface area contributed by atoms with Crippen LogP contribution in [0.5, 0.6) is 5.75 Å². The van der Waals surface area contributed by atoms with E-state index in [4.69, 9.17) is 9.47 Å². The Balaban J connectivity index is 2.22. The minimum absolute atomic E-state index is 0.340. The zero-order valence-electron chi connectivity index (χ0n) is 14.3. The average molecular weight is 324 g/mol. The molecular formula is C19H20N2O3. The van der Waals surface area contributed by atoms with Crippen molar-refractivity contribution >= 4 is 17.0 Å². The first kappa shape index (κ1) is 16.1. The number of methoxy groups -OCH3 is 2. The van der Waals surface area contributed by atoms with Crippen LogP contribution in [-0.4, -0.2) is 29.7 Å². The summed E-state index contributed by atoms with van der Waals surface area (Å²) in [6.07, 6.45) is 1.52. The number of esters is 1. The van der Waals surface area contributed by atoms with Gasteiger partial charge in [-0.1, -0.05) is 30.3 Å². The molecule has 2 aromatic heterocycles. The molecule has 0 fully saturated rings. The fourth-order valence-electron chi connectivity index (χ4n) is 3.00. The number of carbonyl (C=O) groups excluding carboxylic acids is 1. The van der Waals surface area contributed by atoms with E-state index < -0.39 is 5.97 Å². The van der Waals surface area contributed by atoms with Crippen LogP contribution in [0.2, 0.25) is 0 Å². The predicted octanol–water partition coefficient (Wildman–Crippen LogP) is 3.50. The van der Waals surface area contributed by atoms with E-state index in [9.17, 15) is 4.79 Å². The molecule has 0 atom stereocenters. The molecule has 0 spiro atoms. The zero-order chi connectivity index (χ0) is 17.3. The molecule has 0 saturated carbocycles. The van der Waals surface area contributed by atoms with Gasteiger partial charge in [0.15, 0.2) is 0 Å². The first-order chi connectivity index (χ1) is 11.6. The summed E-state index contributed by atoms with van der Waals surface area (Å²) in [4.78, 5) is 16.5. The van der Waals surface area contributed by atoms with E-state index in [2.05, 4.69) is 28.6 Å². The topological polar surface area (TPSA) is 53.3 Å². The molecule has 124 valence electrons. The summed E-state index contributed by atoms with van der Waals surface area (Å²) in [6.45, 7) is 4.78. The van der Waals surface area contributed by atoms with Crippen molar-refractivity contribution in [1.29, 1.82) is 0 Å². The number of benzene rings is 1. The smallest absolute Gasteiger partial charge is 0.343 e. The first-order valence-electron chi connectivity index (χ1n) is 7.73. The number of fused-ring (bicyclic) bond motifs is 1. The maximum absolute atomic E-state index is 12.0. The molecule has 2 heterocycles. The number of aryl methyl sites for hydroxylation is 1. The number of hydrogen-bond acceptors (Lipinski definition) is 4. The van der Waals surface area contributed by atoms with Crippen molar-refractivity contribution < 1.29 is 14.3 Å². The van der Waals surface area contributed by atoms with Crippen molar-refractivity contribution in [1.82, 2.24) is 9.55 Å². The zero-order valence-corrected chi connectivity index (χ0v) is 14.3. The lowest BCUT2D eigenvalue weighted by atomic mass is 10.1. The Morgan fingerprint density at radius 1 is 1.17 bits per heavy atom. The Hall–Kier alpha value is -2.82. The Labute approximate surface area is 140 Å². The second-order valence-corrected chi connectivity index (χ2v) is 5.68. The average Bonchev–Trinajstić information content (AvgIpc) is 2.86. The van der Waals surface area contributed by atoms with E-state index in [1.807, 2.05) is 25.1 Å². The molecule has 0 aliphatic rings. The Morgan fingerprint density at radius 3 is 2.50 bits per heavy atom. The largest absolute Gasteiger partial charge is 0.495 e. The monoisotopic (exact) mass is 324 g/mol. The number of nitrogens with zero attached hydrogens (tertiary/aromatic N) is 2. The van der Waals surface area contributed by atoms with Gasteiger partial charge in [0.1, 0.15) is 17.0 Å². The van der Waals surface area contributed by atoms with E-state index in [0.29, 0.717) is 17.9 Å². The first-order valence-corrected chi connectivity index (χ1v) is 7.73. The van der Waals surface area contributed by atoms with E-state index in [0.717, 1.165) is 22.3 Å². The lowest BCUT2D eigenvalue weighted by Crippen LogP contribution is -2.07. The lowest BCUT2D eigenvalue weighted by Gasteiger charge is -2.10. The van der Waals surface area contributed by atoms with Crippen LogP contribution in [0, 0.1) is 13.8 Å². The third-order valence-electron chi connectivity index (χ3n) is 4.38. The quantitative estimate of drug-likeness (QED) is 0.689. The van der Waals surface area contributed by atoms with Gasteiger partial charge < -0.3 is 14.0 Å². The van der Waals surface area contributed by atoms with Crippen LogP contribution >= 0.6 is 0 Å². The van der Waals surface area contributed by atoms with E-state index in [1.54, 1.807) is 7.11 Å². The number of carbonyl (C=O) groups is 1. The van der Waals surface area contributed by atoms with Gasteiger partial charge in [0, 0.05) is 18.4 Å². The SMILES string of the molecule is COC(=O)c1cnc2c(c(C)c(C)n2Cc2ccccc2)c1OC. The van der Waals surface area contributed by atoms with Crippen LogP contribution in [0.15, 0.2) is 36.5 Å². The molecule has 0 unspecified atom stereocenters. The number of aromatic nitrogens is 2. The molecule has 5 heteroatoms. The molecule has 0 radical (unpaired) electrons. The highest BCUT2D eigenvalue weighted by Gasteiger charge is 2.22. The minimum atomic E-state index is -0.450. The molecule has 0 saturated heterocycles. The van der Waals surface area contributed by atoms with Gasteiger partial charge in [0.05, 0.1) is 19.6 Å². The fraction of sp³-hybridized carbons (Fsp3) is 0.263. The van der Waals surface area contributed by atoms with Crippen LogP contribution < -0.4 is 4.74 Å². The summed E-state index contributed by atoms with van der Waals surface area (Å²) in [7, 11) is 2.91. The highest BCUT2D eigenvalue weighted by atomic mass is 16.5. The number of pyridine rings is 1. The maximum atomic E-state index is 12.0. The van der Waals surface area contributed by atoms with Crippen molar-refractivity contribution in [3.05, 3.63) is 58.9 Å². The summed E-state index contributed by atoms with van der Waals surface area (Å²) in [5.41, 5.74) is 4.49. The Kier molecular flexibility index (Phi) is 4.25. The summed E-state index contributed by atoms with van der Waals surface area (Å²) in [5.74, 6) is 0.0633. The van der Waals surface area contributed by atoms with Gasteiger partial charge >= 0.3 is 5.97 Å². The maximum Gasteiger partial charge on any atom is 0.343 e. The molecule has 0 aliphatic heterocycles. The lowest BCUT2D eigenvalue weighted by molar-refractivity contribution is 0.0597. The van der Waals surface area contributed by atoms with Crippen molar-refractivity contribution in [2.75, 3.05) is 14.2 Å². The van der Waals surface area contributed by atoms with Crippen LogP contribution in [0.4, 0.5) is 0 Å². The molecular weight excluding hydrogens is 304 g/mol. The Morgan fingerprint density at radius 2 is 1.88 bits per heavy atom. The van der Waals surface area contributed by atoms with Gasteiger partial charge in [-0.25, -0.2) is 9.78 Å². The van der Waals surface area contributed by atoms with Crippen LogP contribution in [0.1, 0.15) is 27.2 Å². The Bertz CT molecular complexity index is 898.